The fraction of sp³-hybridized carbons (Fsp3) is 0.250. The van der Waals surface area contributed by atoms with Gasteiger partial charge in [-0.2, -0.15) is 0 Å². The van der Waals surface area contributed by atoms with Crippen molar-refractivity contribution in [3.63, 3.8) is 0 Å². The van der Waals surface area contributed by atoms with Crippen molar-refractivity contribution < 1.29 is 13.9 Å². The third-order valence-electron chi connectivity index (χ3n) is 4.00. The smallest absolute Gasteiger partial charge is 0.234 e. The highest BCUT2D eigenvalue weighted by molar-refractivity contribution is 7.99. The lowest BCUT2D eigenvalue weighted by Crippen LogP contribution is -2.15. The number of hydrogen-bond donors (Lipinski definition) is 1. The molecule has 29 heavy (non-hydrogen) atoms. The first-order valence-corrected chi connectivity index (χ1v) is 10.3. The van der Waals surface area contributed by atoms with E-state index in [1.807, 2.05) is 22.8 Å². The molecule has 0 bridgehead atoms. The molecule has 6 nitrogen and oxygen atoms in total. The van der Waals surface area contributed by atoms with Crippen molar-refractivity contribution in [3.8, 4) is 11.4 Å². The molecule has 0 aliphatic heterocycles. The van der Waals surface area contributed by atoms with Gasteiger partial charge in [0.2, 0.25) is 5.91 Å². The van der Waals surface area contributed by atoms with E-state index < -0.39 is 5.82 Å². The van der Waals surface area contributed by atoms with E-state index in [-0.39, 0.29) is 11.7 Å². The van der Waals surface area contributed by atoms with Gasteiger partial charge in [0.1, 0.15) is 5.82 Å². The third kappa shape index (κ3) is 5.79. The molecule has 0 aliphatic rings. The summed E-state index contributed by atoms with van der Waals surface area (Å²) >= 11 is 7.58. The minimum absolute atomic E-state index is 0.113. The largest absolute Gasteiger partial charge is 0.385 e. The van der Waals surface area contributed by atoms with Crippen LogP contribution in [0.25, 0.3) is 11.4 Å². The van der Waals surface area contributed by atoms with Gasteiger partial charge in [-0.25, -0.2) is 4.39 Å². The number of ether oxygens (including phenoxy) is 1. The number of carbonyl (C=O) groups is 1. The van der Waals surface area contributed by atoms with Crippen molar-refractivity contribution in [2.75, 3.05) is 24.8 Å². The Balaban J connectivity index is 1.74. The second kappa shape index (κ2) is 10.4. The molecule has 152 valence electrons. The van der Waals surface area contributed by atoms with Crippen molar-refractivity contribution >= 4 is 35.0 Å². The molecule has 1 N–H and O–H groups in total. The maximum atomic E-state index is 13.3. The highest BCUT2D eigenvalue weighted by Crippen LogP contribution is 2.29. The van der Waals surface area contributed by atoms with Gasteiger partial charge in [-0.3, -0.25) is 4.79 Å². The lowest BCUT2D eigenvalue weighted by Gasteiger charge is -2.11. The normalized spacial score (nSPS) is 10.9. The number of aromatic nitrogens is 3. The van der Waals surface area contributed by atoms with Crippen LogP contribution in [0.15, 0.2) is 53.7 Å². The number of rotatable bonds is 9. The summed E-state index contributed by atoms with van der Waals surface area (Å²) in [5.74, 6) is 0.0883. The average molecular weight is 435 g/mol. The molecule has 0 saturated heterocycles. The Labute approximate surface area is 177 Å². The molecule has 0 fully saturated rings. The van der Waals surface area contributed by atoms with Crippen molar-refractivity contribution in [2.45, 2.75) is 18.1 Å². The van der Waals surface area contributed by atoms with Gasteiger partial charge in [0.25, 0.3) is 0 Å². The summed E-state index contributed by atoms with van der Waals surface area (Å²) in [6, 6.07) is 13.2. The zero-order valence-electron chi connectivity index (χ0n) is 15.8. The molecule has 0 saturated carbocycles. The van der Waals surface area contributed by atoms with E-state index in [0.29, 0.717) is 34.8 Å². The number of benzene rings is 2. The van der Waals surface area contributed by atoms with Crippen LogP contribution in [0.1, 0.15) is 6.42 Å². The van der Waals surface area contributed by atoms with E-state index >= 15 is 0 Å². The van der Waals surface area contributed by atoms with Crippen LogP contribution in [0.2, 0.25) is 5.02 Å². The molecule has 1 aromatic heterocycles. The van der Waals surface area contributed by atoms with E-state index in [4.69, 9.17) is 16.3 Å². The van der Waals surface area contributed by atoms with Crippen molar-refractivity contribution in [3.05, 3.63) is 59.4 Å². The summed E-state index contributed by atoms with van der Waals surface area (Å²) in [5.41, 5.74) is 1.18. The number of methoxy groups -OCH3 is 1. The molecule has 2 aromatic carbocycles. The maximum absolute atomic E-state index is 13.3. The van der Waals surface area contributed by atoms with Gasteiger partial charge >= 0.3 is 0 Å². The molecular formula is C20H20ClFN4O2S. The van der Waals surface area contributed by atoms with Crippen LogP contribution in [0.5, 0.6) is 0 Å². The van der Waals surface area contributed by atoms with Gasteiger partial charge in [-0.15, -0.1) is 10.2 Å². The fourth-order valence-corrected chi connectivity index (χ4v) is 3.68. The maximum Gasteiger partial charge on any atom is 0.234 e. The van der Waals surface area contributed by atoms with Gasteiger partial charge in [0, 0.05) is 31.5 Å². The summed E-state index contributed by atoms with van der Waals surface area (Å²) in [6.45, 7) is 1.21. The van der Waals surface area contributed by atoms with Crippen LogP contribution < -0.4 is 5.32 Å². The number of halogens is 2. The minimum Gasteiger partial charge on any atom is -0.385 e. The number of nitrogens with zero attached hydrogens (tertiary/aromatic N) is 3. The van der Waals surface area contributed by atoms with Crippen LogP contribution >= 0.6 is 23.4 Å². The highest BCUT2D eigenvalue weighted by atomic mass is 35.5. The minimum atomic E-state index is -0.405. The zero-order chi connectivity index (χ0) is 20.6. The summed E-state index contributed by atoms with van der Waals surface area (Å²) < 4.78 is 20.3. The predicted octanol–water partition coefficient (Wildman–Crippen LogP) is 4.50. The summed E-state index contributed by atoms with van der Waals surface area (Å²) in [6.07, 6.45) is 0.759. The molecule has 0 unspecified atom stereocenters. The second-order valence-electron chi connectivity index (χ2n) is 6.13. The number of thioether (sulfide) groups is 1. The second-order valence-corrected chi connectivity index (χ2v) is 7.48. The van der Waals surface area contributed by atoms with E-state index in [9.17, 15) is 9.18 Å². The quantitative estimate of drug-likeness (QED) is 0.396. The van der Waals surface area contributed by atoms with Gasteiger partial charge in [-0.05, 0) is 36.8 Å². The third-order valence-corrected chi connectivity index (χ3v) is 5.30. The first-order valence-electron chi connectivity index (χ1n) is 8.93. The van der Waals surface area contributed by atoms with Crippen molar-refractivity contribution in [2.24, 2.45) is 0 Å². The molecule has 0 spiro atoms. The zero-order valence-corrected chi connectivity index (χ0v) is 17.3. The molecule has 0 radical (unpaired) electrons. The summed E-state index contributed by atoms with van der Waals surface area (Å²) in [5, 5.41) is 12.4. The average Bonchev–Trinajstić information content (AvgIpc) is 3.09. The number of nitrogens with one attached hydrogen (secondary N) is 1. The Bertz CT molecular complexity index is 983. The Morgan fingerprint density at radius 2 is 2.07 bits per heavy atom. The molecule has 1 amide bonds. The van der Waals surface area contributed by atoms with Crippen LogP contribution in [0.4, 0.5) is 10.1 Å². The molecule has 0 aliphatic carbocycles. The Kier molecular flexibility index (Phi) is 7.62. The topological polar surface area (TPSA) is 69.0 Å². The first kappa shape index (κ1) is 21.3. The van der Waals surface area contributed by atoms with E-state index in [1.54, 1.807) is 25.3 Å². The number of amides is 1. The molecule has 9 heteroatoms. The fourth-order valence-electron chi connectivity index (χ4n) is 2.70. The Morgan fingerprint density at radius 1 is 1.24 bits per heavy atom. The van der Waals surface area contributed by atoms with Gasteiger partial charge in [0.05, 0.1) is 10.8 Å². The van der Waals surface area contributed by atoms with Crippen molar-refractivity contribution in [1.29, 1.82) is 0 Å². The lowest BCUT2D eigenvalue weighted by atomic mass is 10.2. The van der Waals surface area contributed by atoms with Gasteiger partial charge in [-0.1, -0.05) is 41.6 Å². The molecule has 3 rings (SSSR count). The summed E-state index contributed by atoms with van der Waals surface area (Å²) in [7, 11) is 1.65. The van der Waals surface area contributed by atoms with Crippen LogP contribution in [0, 0.1) is 5.82 Å². The van der Waals surface area contributed by atoms with Crippen LogP contribution in [0.3, 0.4) is 0 Å². The number of carbonyl (C=O) groups excluding carboxylic acids is 1. The Hall–Kier alpha value is -2.42. The number of anilines is 1. The van der Waals surface area contributed by atoms with Crippen LogP contribution in [-0.2, 0) is 16.1 Å². The first-order chi connectivity index (χ1) is 14.1. The van der Waals surface area contributed by atoms with Gasteiger partial charge in [0.15, 0.2) is 11.0 Å². The molecular weight excluding hydrogens is 415 g/mol. The van der Waals surface area contributed by atoms with Crippen molar-refractivity contribution in [1.82, 2.24) is 14.8 Å². The van der Waals surface area contributed by atoms with E-state index in [1.165, 1.54) is 23.9 Å². The van der Waals surface area contributed by atoms with Crippen LogP contribution in [-0.4, -0.2) is 40.1 Å². The molecule has 3 aromatic rings. The predicted molar refractivity (Wildman–Crippen MR) is 113 cm³/mol. The molecule has 1 heterocycles. The van der Waals surface area contributed by atoms with E-state index in [2.05, 4.69) is 15.5 Å². The highest BCUT2D eigenvalue weighted by Gasteiger charge is 2.17. The standard InChI is InChI=1S/C20H20ClFN4O2S/c1-28-11-5-10-26-19(16-8-2-3-9-17(16)21)24-25-20(26)29-13-18(27)23-15-7-4-6-14(22)12-15/h2-4,6-9,12H,5,10-11,13H2,1H3,(H,23,27). The lowest BCUT2D eigenvalue weighted by molar-refractivity contribution is -0.113. The molecule has 0 atom stereocenters. The Morgan fingerprint density at radius 3 is 2.83 bits per heavy atom. The SMILES string of the molecule is COCCCn1c(SCC(=O)Nc2cccc(F)c2)nnc1-c1ccccc1Cl. The van der Waals surface area contributed by atoms with Gasteiger partial charge < -0.3 is 14.6 Å². The summed E-state index contributed by atoms with van der Waals surface area (Å²) in [4.78, 5) is 12.2. The number of hydrogen-bond acceptors (Lipinski definition) is 5. The van der Waals surface area contributed by atoms with E-state index in [0.717, 1.165) is 12.0 Å². The monoisotopic (exact) mass is 434 g/mol.